The highest BCUT2D eigenvalue weighted by molar-refractivity contribution is 7.99. The van der Waals surface area contributed by atoms with Crippen LogP contribution < -0.4 is 10.6 Å². The predicted molar refractivity (Wildman–Crippen MR) is 73.4 cm³/mol. The summed E-state index contributed by atoms with van der Waals surface area (Å²) in [5.74, 6) is 1.37. The van der Waals surface area contributed by atoms with E-state index in [0.29, 0.717) is 12.5 Å². The second-order valence-electron chi connectivity index (χ2n) is 4.19. The summed E-state index contributed by atoms with van der Waals surface area (Å²) in [4.78, 5) is 12.6. The average Bonchev–Trinajstić information content (AvgIpc) is 2.33. The van der Waals surface area contributed by atoms with Crippen LogP contribution in [0.25, 0.3) is 0 Å². The molecule has 0 saturated carbocycles. The van der Waals surface area contributed by atoms with Gasteiger partial charge in [0.1, 0.15) is 0 Å². The lowest BCUT2D eigenvalue weighted by atomic mass is 10.2. The van der Waals surface area contributed by atoms with Gasteiger partial charge in [0.25, 0.3) is 0 Å². The van der Waals surface area contributed by atoms with Gasteiger partial charge in [-0.15, -0.1) is 11.8 Å². The second kappa shape index (κ2) is 8.01. The van der Waals surface area contributed by atoms with Gasteiger partial charge in [0.15, 0.2) is 0 Å². The highest BCUT2D eigenvalue weighted by Gasteiger charge is 2.00. The van der Waals surface area contributed by atoms with Crippen LogP contribution in [0.4, 0.5) is 4.79 Å². The molecule has 0 heterocycles. The van der Waals surface area contributed by atoms with Gasteiger partial charge in [-0.25, -0.2) is 4.79 Å². The Kier molecular flexibility index (Phi) is 6.55. The van der Waals surface area contributed by atoms with E-state index in [2.05, 4.69) is 36.6 Å². The van der Waals surface area contributed by atoms with Crippen molar-refractivity contribution in [3.63, 3.8) is 0 Å². The number of carbonyl (C=O) groups excluding carboxylic acids is 1. The van der Waals surface area contributed by atoms with E-state index in [9.17, 15) is 4.79 Å². The lowest BCUT2D eigenvalue weighted by Gasteiger charge is -2.09. The number of amides is 2. The zero-order chi connectivity index (χ0) is 12.5. The van der Waals surface area contributed by atoms with Crippen molar-refractivity contribution < 1.29 is 4.79 Å². The molecule has 0 aromatic heterocycles. The van der Waals surface area contributed by atoms with Crippen molar-refractivity contribution in [1.29, 1.82) is 0 Å². The van der Waals surface area contributed by atoms with Crippen LogP contribution >= 0.6 is 11.8 Å². The van der Waals surface area contributed by atoms with Crippen molar-refractivity contribution >= 4 is 17.8 Å². The Morgan fingerprint density at radius 3 is 2.59 bits per heavy atom. The lowest BCUT2D eigenvalue weighted by Crippen LogP contribution is -2.38. The maximum Gasteiger partial charge on any atom is 0.314 e. The quantitative estimate of drug-likeness (QED) is 0.604. The van der Waals surface area contributed by atoms with Crippen molar-refractivity contribution in [2.45, 2.75) is 18.7 Å². The minimum absolute atomic E-state index is 0.0765. The van der Waals surface area contributed by atoms with Crippen LogP contribution in [0.5, 0.6) is 0 Å². The largest absolute Gasteiger partial charge is 0.338 e. The maximum atomic E-state index is 11.3. The van der Waals surface area contributed by atoms with Gasteiger partial charge in [0.2, 0.25) is 0 Å². The molecule has 0 fully saturated rings. The molecule has 2 amide bonds. The van der Waals surface area contributed by atoms with Crippen LogP contribution in [0.3, 0.4) is 0 Å². The number of benzene rings is 1. The van der Waals surface area contributed by atoms with E-state index < -0.39 is 0 Å². The highest BCUT2D eigenvalue weighted by Crippen LogP contribution is 2.15. The fourth-order valence-electron chi connectivity index (χ4n) is 1.21. The van der Waals surface area contributed by atoms with Crippen LogP contribution in [-0.2, 0) is 0 Å². The van der Waals surface area contributed by atoms with Crippen molar-refractivity contribution in [3.8, 4) is 0 Å². The molecule has 0 bridgehead atoms. The normalized spacial score (nSPS) is 10.3. The molecule has 0 spiro atoms. The van der Waals surface area contributed by atoms with Gasteiger partial charge in [0.05, 0.1) is 0 Å². The number of hydrogen-bond acceptors (Lipinski definition) is 2. The number of carbonyl (C=O) groups is 1. The first kappa shape index (κ1) is 13.9. The van der Waals surface area contributed by atoms with Crippen molar-refractivity contribution in [2.75, 3.05) is 18.8 Å². The summed E-state index contributed by atoms with van der Waals surface area (Å²) in [6.07, 6.45) is 0. The molecule has 3 nitrogen and oxygen atoms in total. The SMILES string of the molecule is CC(C)CNC(=O)NCCSc1ccccc1. The first-order valence-corrected chi connectivity index (χ1v) is 6.86. The molecule has 2 N–H and O–H groups in total. The fraction of sp³-hybridized carbons (Fsp3) is 0.462. The third-order valence-corrected chi connectivity index (χ3v) is 3.08. The molecule has 0 aliphatic carbocycles. The second-order valence-corrected chi connectivity index (χ2v) is 5.36. The first-order chi connectivity index (χ1) is 8.18. The Labute approximate surface area is 107 Å². The standard InChI is InChI=1S/C13H20N2OS/c1-11(2)10-15-13(16)14-8-9-17-12-6-4-3-5-7-12/h3-7,11H,8-10H2,1-2H3,(H2,14,15,16). The summed E-state index contributed by atoms with van der Waals surface area (Å²) in [5, 5.41) is 5.66. The molecule has 1 aromatic carbocycles. The zero-order valence-electron chi connectivity index (χ0n) is 10.4. The molecule has 0 unspecified atom stereocenters. The van der Waals surface area contributed by atoms with Crippen LogP contribution in [0, 0.1) is 5.92 Å². The topological polar surface area (TPSA) is 41.1 Å². The van der Waals surface area contributed by atoms with Gasteiger partial charge in [-0.05, 0) is 18.1 Å². The van der Waals surface area contributed by atoms with Gasteiger partial charge in [-0.2, -0.15) is 0 Å². The monoisotopic (exact) mass is 252 g/mol. The molecule has 0 saturated heterocycles. The highest BCUT2D eigenvalue weighted by atomic mass is 32.2. The number of urea groups is 1. The molecule has 94 valence electrons. The molecule has 0 aliphatic rings. The number of nitrogens with one attached hydrogen (secondary N) is 2. The van der Waals surface area contributed by atoms with E-state index in [1.807, 2.05) is 18.2 Å². The average molecular weight is 252 g/mol. The molecule has 0 aliphatic heterocycles. The van der Waals surface area contributed by atoms with Gasteiger partial charge in [-0.3, -0.25) is 0 Å². The Morgan fingerprint density at radius 1 is 1.24 bits per heavy atom. The summed E-state index contributed by atoms with van der Waals surface area (Å²) < 4.78 is 0. The van der Waals surface area contributed by atoms with Crippen LogP contribution in [0.1, 0.15) is 13.8 Å². The third-order valence-electron chi connectivity index (χ3n) is 2.07. The molecular weight excluding hydrogens is 232 g/mol. The number of hydrogen-bond donors (Lipinski definition) is 2. The molecule has 1 rings (SSSR count). The summed E-state index contributed by atoms with van der Waals surface area (Å²) in [6, 6.07) is 10.1. The minimum atomic E-state index is -0.0765. The summed E-state index contributed by atoms with van der Waals surface area (Å²) >= 11 is 1.74. The summed E-state index contributed by atoms with van der Waals surface area (Å²) in [6.45, 7) is 5.55. The van der Waals surface area contributed by atoms with Gasteiger partial charge in [-0.1, -0.05) is 32.0 Å². The van der Waals surface area contributed by atoms with Crippen LogP contribution in [0.2, 0.25) is 0 Å². The Balaban J connectivity index is 2.06. The van der Waals surface area contributed by atoms with Gasteiger partial charge in [0, 0.05) is 23.7 Å². The van der Waals surface area contributed by atoms with Crippen molar-refractivity contribution in [1.82, 2.24) is 10.6 Å². The Bertz CT molecular complexity index is 327. The van der Waals surface area contributed by atoms with Crippen molar-refractivity contribution in [3.05, 3.63) is 30.3 Å². The van der Waals surface area contributed by atoms with Gasteiger partial charge < -0.3 is 10.6 Å². The molecule has 4 heteroatoms. The number of thioether (sulfide) groups is 1. The molecular formula is C13H20N2OS. The van der Waals surface area contributed by atoms with E-state index in [-0.39, 0.29) is 6.03 Å². The smallest absolute Gasteiger partial charge is 0.314 e. The van der Waals surface area contributed by atoms with E-state index in [1.165, 1.54) is 4.90 Å². The maximum absolute atomic E-state index is 11.3. The third kappa shape index (κ3) is 6.89. The first-order valence-electron chi connectivity index (χ1n) is 5.88. The van der Waals surface area contributed by atoms with Crippen LogP contribution in [0.15, 0.2) is 35.2 Å². The molecule has 0 radical (unpaired) electrons. The Hall–Kier alpha value is -1.16. The fourth-order valence-corrected chi connectivity index (χ4v) is 2.00. The molecule has 1 aromatic rings. The van der Waals surface area contributed by atoms with E-state index in [4.69, 9.17) is 0 Å². The van der Waals surface area contributed by atoms with Crippen LogP contribution in [-0.4, -0.2) is 24.9 Å². The lowest BCUT2D eigenvalue weighted by molar-refractivity contribution is 0.240. The van der Waals surface area contributed by atoms with Gasteiger partial charge >= 0.3 is 6.03 Å². The number of rotatable bonds is 6. The van der Waals surface area contributed by atoms with Crippen molar-refractivity contribution in [2.24, 2.45) is 5.92 Å². The summed E-state index contributed by atoms with van der Waals surface area (Å²) in [7, 11) is 0. The van der Waals surface area contributed by atoms with E-state index in [0.717, 1.165) is 12.3 Å². The Morgan fingerprint density at radius 2 is 1.94 bits per heavy atom. The summed E-state index contributed by atoms with van der Waals surface area (Å²) in [5.41, 5.74) is 0. The van der Waals surface area contributed by atoms with E-state index >= 15 is 0 Å². The zero-order valence-corrected chi connectivity index (χ0v) is 11.2. The van der Waals surface area contributed by atoms with E-state index in [1.54, 1.807) is 11.8 Å². The minimum Gasteiger partial charge on any atom is -0.338 e. The predicted octanol–water partition coefficient (Wildman–Crippen LogP) is 2.73. The molecule has 17 heavy (non-hydrogen) atoms. The molecule has 0 atom stereocenters.